The van der Waals surface area contributed by atoms with Crippen LogP contribution in [0.25, 0.3) is 10.2 Å². The van der Waals surface area contributed by atoms with Crippen molar-refractivity contribution in [3.63, 3.8) is 0 Å². The lowest BCUT2D eigenvalue weighted by atomic mass is 10.2. The van der Waals surface area contributed by atoms with E-state index in [1.165, 1.54) is 23.5 Å². The Labute approximate surface area is 179 Å². The normalized spacial score (nSPS) is 11.5. The molecule has 0 saturated heterocycles. The molecule has 3 rings (SSSR count). The topological polar surface area (TPSA) is 104 Å². The molecule has 0 radical (unpaired) electrons. The van der Waals surface area contributed by atoms with Gasteiger partial charge in [-0.05, 0) is 31.2 Å². The number of benzene rings is 2. The van der Waals surface area contributed by atoms with Crippen molar-refractivity contribution < 1.29 is 19.2 Å². The predicted octanol–water partition coefficient (Wildman–Crippen LogP) is 4.37. The number of nitrogens with zero attached hydrogens (tertiary/aromatic N) is 3. The van der Waals surface area contributed by atoms with E-state index in [1.807, 2.05) is 0 Å². The number of thiazole rings is 1. The molecule has 0 bridgehead atoms. The van der Waals surface area contributed by atoms with E-state index in [4.69, 9.17) is 16.3 Å². The van der Waals surface area contributed by atoms with Crippen LogP contribution in [0, 0.1) is 10.1 Å². The Balaban J connectivity index is 2.13. The number of rotatable bonds is 6. The summed E-state index contributed by atoms with van der Waals surface area (Å²) in [5, 5.41) is 11.1. The first-order chi connectivity index (χ1) is 14.3. The fourth-order valence-corrected chi connectivity index (χ4v) is 4.02. The van der Waals surface area contributed by atoms with Gasteiger partial charge in [0, 0.05) is 18.7 Å². The van der Waals surface area contributed by atoms with Crippen LogP contribution < -0.4 is 4.80 Å². The maximum absolute atomic E-state index is 12.7. The number of nitro benzene ring substituents is 1. The summed E-state index contributed by atoms with van der Waals surface area (Å²) in [5.74, 6) is -1.15. The third-order valence-corrected chi connectivity index (χ3v) is 5.46. The zero-order valence-corrected chi connectivity index (χ0v) is 17.4. The van der Waals surface area contributed by atoms with Crippen LogP contribution in [0.4, 0.5) is 5.69 Å². The van der Waals surface area contributed by atoms with Gasteiger partial charge in [-0.25, -0.2) is 4.79 Å². The van der Waals surface area contributed by atoms with Crippen LogP contribution in [0.15, 0.2) is 54.0 Å². The summed E-state index contributed by atoms with van der Waals surface area (Å²) in [5.41, 5.74) is 0.814. The molecule has 0 fully saturated rings. The summed E-state index contributed by atoms with van der Waals surface area (Å²) >= 11 is 7.25. The molecular weight excluding hydrogens is 430 g/mol. The van der Waals surface area contributed by atoms with Crippen LogP contribution in [-0.4, -0.2) is 28.0 Å². The number of allylic oxidation sites excluding steroid dienone is 1. The molecule has 154 valence electrons. The SMILES string of the molecule is C=CCn1c(=NC(=O)c2cc([N+](=O)[O-])ccc2Cl)sc2cc(C(=O)OCC)ccc21. The number of ether oxygens (including phenoxy) is 1. The van der Waals surface area contributed by atoms with Gasteiger partial charge in [0.2, 0.25) is 0 Å². The second-order valence-corrected chi connectivity index (χ2v) is 7.44. The molecule has 0 saturated carbocycles. The van der Waals surface area contributed by atoms with Crippen LogP contribution in [0.1, 0.15) is 27.6 Å². The van der Waals surface area contributed by atoms with Gasteiger partial charge in [-0.1, -0.05) is 29.0 Å². The van der Waals surface area contributed by atoms with Crippen LogP contribution in [-0.2, 0) is 11.3 Å². The van der Waals surface area contributed by atoms with Gasteiger partial charge in [-0.2, -0.15) is 4.99 Å². The van der Waals surface area contributed by atoms with Crippen molar-refractivity contribution in [2.75, 3.05) is 6.61 Å². The van der Waals surface area contributed by atoms with E-state index < -0.39 is 16.8 Å². The molecule has 30 heavy (non-hydrogen) atoms. The summed E-state index contributed by atoms with van der Waals surface area (Å²) in [6.07, 6.45) is 1.65. The molecule has 0 N–H and O–H groups in total. The van der Waals surface area contributed by atoms with E-state index in [1.54, 1.807) is 35.8 Å². The van der Waals surface area contributed by atoms with Gasteiger partial charge >= 0.3 is 5.97 Å². The lowest BCUT2D eigenvalue weighted by Gasteiger charge is -2.03. The number of carbonyl (C=O) groups is 2. The number of non-ortho nitro benzene ring substituents is 1. The second kappa shape index (κ2) is 9.02. The maximum atomic E-state index is 12.7. The zero-order chi connectivity index (χ0) is 21.8. The maximum Gasteiger partial charge on any atom is 0.338 e. The molecule has 0 spiro atoms. The fourth-order valence-electron chi connectivity index (χ4n) is 2.74. The highest BCUT2D eigenvalue weighted by molar-refractivity contribution is 7.16. The molecule has 0 aliphatic rings. The summed E-state index contributed by atoms with van der Waals surface area (Å²) in [7, 11) is 0. The van der Waals surface area contributed by atoms with E-state index in [0.717, 1.165) is 16.3 Å². The zero-order valence-electron chi connectivity index (χ0n) is 15.8. The van der Waals surface area contributed by atoms with E-state index >= 15 is 0 Å². The average molecular weight is 446 g/mol. The lowest BCUT2D eigenvalue weighted by molar-refractivity contribution is -0.384. The van der Waals surface area contributed by atoms with Crippen molar-refractivity contribution in [1.82, 2.24) is 4.57 Å². The Hall–Kier alpha value is -3.30. The molecule has 1 aromatic heterocycles. The fraction of sp³-hybridized carbons (Fsp3) is 0.150. The summed E-state index contributed by atoms with van der Waals surface area (Å²) < 4.78 is 7.50. The number of halogens is 1. The Kier molecular flexibility index (Phi) is 6.43. The highest BCUT2D eigenvalue weighted by atomic mass is 35.5. The molecule has 2 aromatic carbocycles. The first kappa shape index (κ1) is 21.4. The van der Waals surface area contributed by atoms with Crippen molar-refractivity contribution in [3.05, 3.63) is 80.1 Å². The molecule has 0 unspecified atom stereocenters. The standard InChI is InChI=1S/C20H16ClN3O5S/c1-3-9-23-16-8-5-12(19(26)29-4-2)10-17(16)30-20(23)22-18(25)14-11-13(24(27)28)6-7-15(14)21/h3,5-8,10-11H,1,4,9H2,2H3. The molecule has 1 heterocycles. The van der Waals surface area contributed by atoms with Crippen LogP contribution in [0.2, 0.25) is 5.02 Å². The molecule has 0 aliphatic carbocycles. The number of nitro groups is 1. The van der Waals surface area contributed by atoms with Crippen LogP contribution in [0.5, 0.6) is 0 Å². The third-order valence-electron chi connectivity index (χ3n) is 4.09. The minimum absolute atomic E-state index is 0.0651. The lowest BCUT2D eigenvalue weighted by Crippen LogP contribution is -2.16. The number of carbonyl (C=O) groups excluding carboxylic acids is 2. The highest BCUT2D eigenvalue weighted by Gasteiger charge is 2.17. The first-order valence-electron chi connectivity index (χ1n) is 8.80. The molecular formula is C20H16ClN3O5S. The van der Waals surface area contributed by atoms with Crippen LogP contribution in [0.3, 0.4) is 0 Å². The molecule has 3 aromatic rings. The molecule has 0 aliphatic heterocycles. The number of fused-ring (bicyclic) bond motifs is 1. The number of hydrogen-bond acceptors (Lipinski definition) is 6. The van der Waals surface area contributed by atoms with E-state index in [0.29, 0.717) is 16.9 Å². The summed E-state index contributed by atoms with van der Waals surface area (Å²) in [4.78, 5) is 39.6. The van der Waals surface area contributed by atoms with Crippen molar-refractivity contribution >= 4 is 50.7 Å². The van der Waals surface area contributed by atoms with Crippen molar-refractivity contribution in [2.45, 2.75) is 13.5 Å². The number of hydrogen-bond donors (Lipinski definition) is 0. The minimum Gasteiger partial charge on any atom is -0.462 e. The van der Waals surface area contributed by atoms with Gasteiger partial charge in [0.05, 0.1) is 37.9 Å². The third kappa shape index (κ3) is 4.32. The Morgan fingerprint density at radius 1 is 1.33 bits per heavy atom. The van der Waals surface area contributed by atoms with Crippen molar-refractivity contribution in [1.29, 1.82) is 0 Å². The van der Waals surface area contributed by atoms with E-state index in [9.17, 15) is 19.7 Å². The molecule has 0 atom stereocenters. The van der Waals surface area contributed by atoms with Gasteiger partial charge in [0.15, 0.2) is 4.80 Å². The van der Waals surface area contributed by atoms with Gasteiger partial charge in [-0.15, -0.1) is 6.58 Å². The Bertz CT molecular complexity index is 1240. The molecule has 8 nitrogen and oxygen atoms in total. The highest BCUT2D eigenvalue weighted by Crippen LogP contribution is 2.24. The average Bonchev–Trinajstić information content (AvgIpc) is 3.04. The minimum atomic E-state index is -0.710. The Morgan fingerprint density at radius 3 is 2.77 bits per heavy atom. The van der Waals surface area contributed by atoms with Crippen molar-refractivity contribution in [3.8, 4) is 0 Å². The monoisotopic (exact) mass is 445 g/mol. The first-order valence-corrected chi connectivity index (χ1v) is 9.99. The summed E-state index contributed by atoms with van der Waals surface area (Å²) in [6, 6.07) is 8.64. The second-order valence-electron chi connectivity index (χ2n) is 6.03. The number of esters is 1. The van der Waals surface area contributed by atoms with Gasteiger partial charge in [0.25, 0.3) is 11.6 Å². The predicted molar refractivity (Wildman–Crippen MR) is 114 cm³/mol. The van der Waals surface area contributed by atoms with Gasteiger partial charge < -0.3 is 9.30 Å². The summed E-state index contributed by atoms with van der Waals surface area (Å²) in [6.45, 7) is 6.08. The van der Waals surface area contributed by atoms with E-state index in [-0.39, 0.29) is 22.9 Å². The van der Waals surface area contributed by atoms with Crippen molar-refractivity contribution in [2.24, 2.45) is 4.99 Å². The van der Waals surface area contributed by atoms with Gasteiger partial charge in [-0.3, -0.25) is 14.9 Å². The molecule has 10 heteroatoms. The Morgan fingerprint density at radius 2 is 2.10 bits per heavy atom. The van der Waals surface area contributed by atoms with E-state index in [2.05, 4.69) is 11.6 Å². The smallest absolute Gasteiger partial charge is 0.338 e. The largest absolute Gasteiger partial charge is 0.462 e. The quantitative estimate of drug-likeness (QED) is 0.242. The van der Waals surface area contributed by atoms with Crippen LogP contribution >= 0.6 is 22.9 Å². The van der Waals surface area contributed by atoms with Gasteiger partial charge in [0.1, 0.15) is 0 Å². The number of amides is 1. The molecule has 1 amide bonds. The number of aromatic nitrogens is 1.